The molecule has 1 atom stereocenters. The molecule has 1 N–H and O–H groups in total. The van der Waals surface area contributed by atoms with Gasteiger partial charge in [0.15, 0.2) is 0 Å². The summed E-state index contributed by atoms with van der Waals surface area (Å²) >= 11 is 0. The Morgan fingerprint density at radius 3 is 2.45 bits per heavy atom. The monoisotopic (exact) mass is 428 g/mol. The molecule has 0 aliphatic heterocycles. The first-order valence-corrected chi connectivity index (χ1v) is 12.1. The Labute approximate surface area is 175 Å². The molecule has 7 nitrogen and oxygen atoms in total. The number of nitrogens with one attached hydrogen (secondary N) is 1. The van der Waals surface area contributed by atoms with Gasteiger partial charge in [-0.05, 0) is 30.9 Å². The van der Waals surface area contributed by atoms with Gasteiger partial charge < -0.3 is 14.8 Å². The predicted molar refractivity (Wildman–Crippen MR) is 117 cm³/mol. The van der Waals surface area contributed by atoms with Crippen molar-refractivity contribution in [2.75, 3.05) is 37.9 Å². The van der Waals surface area contributed by atoms with Crippen molar-refractivity contribution in [3.05, 3.63) is 18.2 Å². The van der Waals surface area contributed by atoms with Crippen LogP contribution in [0.25, 0.3) is 0 Å². The van der Waals surface area contributed by atoms with Gasteiger partial charge in [0.1, 0.15) is 11.5 Å². The quantitative estimate of drug-likeness (QED) is 0.489. The highest BCUT2D eigenvalue weighted by Crippen LogP contribution is 2.33. The van der Waals surface area contributed by atoms with E-state index >= 15 is 0 Å². The number of ether oxygens (including phenoxy) is 2. The summed E-state index contributed by atoms with van der Waals surface area (Å²) in [6, 6.07) is 4.98. The number of carbonyl (C=O) groups is 1. The van der Waals surface area contributed by atoms with E-state index in [1.807, 2.05) is 0 Å². The number of unbranched alkanes of at least 4 members (excludes halogenated alkanes) is 1. The number of nitrogens with zero attached hydrogens (tertiary/aromatic N) is 1. The van der Waals surface area contributed by atoms with E-state index < -0.39 is 10.0 Å². The lowest BCUT2D eigenvalue weighted by Gasteiger charge is -2.24. The molecule has 166 valence electrons. The summed E-state index contributed by atoms with van der Waals surface area (Å²) in [5, 5.41) is 2.98. The second-order valence-corrected chi connectivity index (χ2v) is 9.10. The molecule has 0 aliphatic carbocycles. The molecule has 1 unspecified atom stereocenters. The average Bonchev–Trinajstić information content (AvgIpc) is 2.70. The van der Waals surface area contributed by atoms with Crippen molar-refractivity contribution in [1.29, 1.82) is 0 Å². The van der Waals surface area contributed by atoms with Gasteiger partial charge in [0.05, 0.1) is 26.2 Å². The topological polar surface area (TPSA) is 84.9 Å². The number of rotatable bonds is 14. The predicted octanol–water partition coefficient (Wildman–Crippen LogP) is 3.58. The summed E-state index contributed by atoms with van der Waals surface area (Å²) in [5.41, 5.74) is 0.432. The molecule has 29 heavy (non-hydrogen) atoms. The van der Waals surface area contributed by atoms with E-state index in [2.05, 4.69) is 19.2 Å². The Morgan fingerprint density at radius 2 is 1.90 bits per heavy atom. The molecule has 0 bridgehead atoms. The third kappa shape index (κ3) is 8.51. The van der Waals surface area contributed by atoms with E-state index in [1.165, 1.54) is 24.9 Å². The van der Waals surface area contributed by atoms with Gasteiger partial charge in [0, 0.05) is 25.6 Å². The first-order chi connectivity index (χ1) is 13.8. The van der Waals surface area contributed by atoms with Gasteiger partial charge >= 0.3 is 0 Å². The van der Waals surface area contributed by atoms with E-state index in [-0.39, 0.29) is 18.9 Å². The molecular formula is C21H36N2O5S. The number of amides is 1. The molecular weight excluding hydrogens is 392 g/mol. The Hall–Kier alpha value is -1.96. The van der Waals surface area contributed by atoms with Crippen molar-refractivity contribution in [2.24, 2.45) is 5.92 Å². The third-order valence-corrected chi connectivity index (χ3v) is 6.13. The molecule has 0 heterocycles. The highest BCUT2D eigenvalue weighted by atomic mass is 32.2. The first-order valence-electron chi connectivity index (χ1n) is 10.2. The molecule has 1 amide bonds. The Bertz CT molecular complexity index is 737. The molecule has 1 aromatic carbocycles. The molecule has 1 rings (SSSR count). The smallest absolute Gasteiger partial charge is 0.232 e. The van der Waals surface area contributed by atoms with Gasteiger partial charge in [-0.25, -0.2) is 8.42 Å². The van der Waals surface area contributed by atoms with Crippen LogP contribution in [0.5, 0.6) is 11.5 Å². The largest absolute Gasteiger partial charge is 0.497 e. The molecule has 0 radical (unpaired) electrons. The summed E-state index contributed by atoms with van der Waals surface area (Å²) in [6.07, 6.45) is 6.32. The molecule has 8 heteroatoms. The lowest BCUT2D eigenvalue weighted by atomic mass is 9.99. The van der Waals surface area contributed by atoms with Crippen LogP contribution in [-0.4, -0.2) is 47.9 Å². The minimum atomic E-state index is -3.53. The highest BCUT2D eigenvalue weighted by Gasteiger charge is 2.21. The zero-order valence-corrected chi connectivity index (χ0v) is 19.2. The lowest BCUT2D eigenvalue weighted by molar-refractivity contribution is -0.121. The zero-order valence-electron chi connectivity index (χ0n) is 18.4. The average molecular weight is 429 g/mol. The Kier molecular flexibility index (Phi) is 10.9. The molecule has 0 saturated heterocycles. The van der Waals surface area contributed by atoms with Crippen LogP contribution in [0.2, 0.25) is 0 Å². The molecule has 0 aliphatic rings. The van der Waals surface area contributed by atoms with Crippen molar-refractivity contribution in [3.8, 4) is 11.5 Å². The number of hydrogen-bond acceptors (Lipinski definition) is 5. The van der Waals surface area contributed by atoms with E-state index in [1.54, 1.807) is 18.2 Å². The summed E-state index contributed by atoms with van der Waals surface area (Å²) in [6.45, 7) is 5.18. The summed E-state index contributed by atoms with van der Waals surface area (Å²) < 4.78 is 36.4. The third-order valence-electron chi connectivity index (χ3n) is 4.95. The number of methoxy groups -OCH3 is 2. The van der Waals surface area contributed by atoms with E-state index in [9.17, 15) is 13.2 Å². The number of carbonyl (C=O) groups excluding carboxylic acids is 1. The zero-order chi connectivity index (χ0) is 21.9. The van der Waals surface area contributed by atoms with Crippen LogP contribution in [0.15, 0.2) is 18.2 Å². The number of hydrogen-bond donors (Lipinski definition) is 1. The van der Waals surface area contributed by atoms with E-state index in [4.69, 9.17) is 9.47 Å². The molecule has 0 saturated carbocycles. The van der Waals surface area contributed by atoms with Crippen molar-refractivity contribution in [3.63, 3.8) is 0 Å². The maximum atomic E-state index is 12.3. The molecule has 0 spiro atoms. The maximum Gasteiger partial charge on any atom is 0.232 e. The second kappa shape index (κ2) is 12.6. The maximum absolute atomic E-state index is 12.3. The minimum Gasteiger partial charge on any atom is -0.497 e. The number of anilines is 1. The van der Waals surface area contributed by atoms with Gasteiger partial charge in [0.2, 0.25) is 15.9 Å². The van der Waals surface area contributed by atoms with Crippen molar-refractivity contribution >= 4 is 21.6 Å². The van der Waals surface area contributed by atoms with Gasteiger partial charge in [0.25, 0.3) is 0 Å². The van der Waals surface area contributed by atoms with Crippen LogP contribution in [0.3, 0.4) is 0 Å². The van der Waals surface area contributed by atoms with Gasteiger partial charge in [-0.1, -0.05) is 33.1 Å². The minimum absolute atomic E-state index is 0.0462. The SMILES string of the molecule is CCCCC(CC)CNC(=O)CCCN(c1ccc(OC)cc1OC)S(C)(=O)=O. The summed E-state index contributed by atoms with van der Waals surface area (Å²) in [7, 11) is -0.512. The first kappa shape index (κ1) is 25.1. The standard InChI is InChI=1S/C21H36N2O5S/c1-6-8-10-17(7-2)16-22-21(24)11-9-14-23(29(5,25)26)19-13-12-18(27-3)15-20(19)28-4/h12-13,15,17H,6-11,14,16H2,1-5H3,(H,22,24). The molecule has 1 aromatic rings. The highest BCUT2D eigenvalue weighted by molar-refractivity contribution is 7.92. The van der Waals surface area contributed by atoms with Gasteiger partial charge in [-0.3, -0.25) is 9.10 Å². The van der Waals surface area contributed by atoms with E-state index in [0.29, 0.717) is 36.1 Å². The van der Waals surface area contributed by atoms with Crippen molar-refractivity contribution in [1.82, 2.24) is 5.32 Å². The molecule has 0 fully saturated rings. The summed E-state index contributed by atoms with van der Waals surface area (Å²) in [4.78, 5) is 12.2. The molecule has 0 aromatic heterocycles. The van der Waals surface area contributed by atoms with Crippen LogP contribution >= 0.6 is 0 Å². The van der Waals surface area contributed by atoms with Crippen LogP contribution < -0.4 is 19.1 Å². The van der Waals surface area contributed by atoms with Crippen molar-refractivity contribution < 1.29 is 22.7 Å². The second-order valence-electron chi connectivity index (χ2n) is 7.20. The normalized spacial score (nSPS) is 12.3. The van der Waals surface area contributed by atoms with Gasteiger partial charge in [-0.2, -0.15) is 0 Å². The van der Waals surface area contributed by atoms with Crippen LogP contribution in [0.4, 0.5) is 5.69 Å². The fraction of sp³-hybridized carbons (Fsp3) is 0.667. The van der Waals surface area contributed by atoms with Crippen LogP contribution in [0.1, 0.15) is 52.4 Å². The number of sulfonamides is 1. The van der Waals surface area contributed by atoms with E-state index in [0.717, 1.165) is 25.5 Å². The lowest BCUT2D eigenvalue weighted by Crippen LogP contribution is -2.33. The van der Waals surface area contributed by atoms with Crippen LogP contribution in [0, 0.1) is 5.92 Å². The number of benzene rings is 1. The fourth-order valence-corrected chi connectivity index (χ4v) is 4.10. The van der Waals surface area contributed by atoms with Gasteiger partial charge in [-0.15, -0.1) is 0 Å². The fourth-order valence-electron chi connectivity index (χ4n) is 3.13. The Morgan fingerprint density at radius 1 is 1.17 bits per heavy atom. The Balaban J connectivity index is 2.69. The van der Waals surface area contributed by atoms with Crippen LogP contribution in [-0.2, 0) is 14.8 Å². The van der Waals surface area contributed by atoms with Crippen molar-refractivity contribution in [2.45, 2.75) is 52.4 Å². The summed E-state index contributed by atoms with van der Waals surface area (Å²) in [5.74, 6) is 1.43.